The number of hydrogen-bond acceptors (Lipinski definition) is 3. The van der Waals surface area contributed by atoms with Crippen LogP contribution < -0.4 is 5.32 Å². The molecule has 1 aliphatic rings. The van der Waals surface area contributed by atoms with Gasteiger partial charge in [0.15, 0.2) is 5.78 Å². The van der Waals surface area contributed by atoms with E-state index in [2.05, 4.69) is 10.3 Å². The quantitative estimate of drug-likeness (QED) is 0.308. The molecule has 2 heterocycles. The number of imide groups is 1. The summed E-state index contributed by atoms with van der Waals surface area (Å²) in [5.41, 5.74) is 2.91. The van der Waals surface area contributed by atoms with E-state index < -0.39 is 11.6 Å². The van der Waals surface area contributed by atoms with Gasteiger partial charge in [0.1, 0.15) is 5.54 Å². The Kier molecular flexibility index (Phi) is 5.49. The second-order valence-electron chi connectivity index (χ2n) is 8.85. The van der Waals surface area contributed by atoms with Crippen molar-refractivity contribution in [1.82, 2.24) is 15.2 Å². The first-order valence-electron chi connectivity index (χ1n) is 11.3. The molecule has 0 saturated carbocycles. The first-order chi connectivity index (χ1) is 16.5. The van der Waals surface area contributed by atoms with Gasteiger partial charge in [-0.2, -0.15) is 0 Å². The normalized spacial score (nSPS) is 17.9. The van der Waals surface area contributed by atoms with Crippen LogP contribution in [0.5, 0.6) is 0 Å². The number of nitrogens with zero attached hydrogens (tertiary/aromatic N) is 1. The lowest BCUT2D eigenvalue weighted by molar-refractivity contribution is -0.130. The van der Waals surface area contributed by atoms with Crippen LogP contribution >= 0.6 is 0 Å². The van der Waals surface area contributed by atoms with E-state index in [4.69, 9.17) is 0 Å². The highest BCUT2D eigenvalue weighted by atomic mass is 16.2. The van der Waals surface area contributed by atoms with Crippen LogP contribution in [0.4, 0.5) is 4.79 Å². The van der Waals surface area contributed by atoms with E-state index >= 15 is 0 Å². The highest BCUT2D eigenvalue weighted by Crippen LogP contribution is 2.31. The number of aromatic nitrogens is 1. The highest BCUT2D eigenvalue weighted by Gasteiger charge is 2.48. The number of H-pyrrole nitrogens is 1. The molecule has 1 saturated heterocycles. The van der Waals surface area contributed by atoms with Crippen molar-refractivity contribution in [2.45, 2.75) is 25.3 Å². The summed E-state index contributed by atoms with van der Waals surface area (Å²) >= 11 is 0. The Morgan fingerprint density at radius 1 is 0.882 bits per heavy atom. The Morgan fingerprint density at radius 2 is 1.53 bits per heavy atom. The van der Waals surface area contributed by atoms with Crippen LogP contribution in [-0.4, -0.2) is 39.7 Å². The number of ketones is 1. The molecule has 1 aromatic heterocycles. The Morgan fingerprint density at radius 3 is 2.26 bits per heavy atom. The van der Waals surface area contributed by atoms with Gasteiger partial charge >= 0.3 is 6.03 Å². The van der Waals surface area contributed by atoms with Crippen molar-refractivity contribution in [3.8, 4) is 11.3 Å². The summed E-state index contributed by atoms with van der Waals surface area (Å²) in [5.74, 6) is -0.657. The third-order valence-electron chi connectivity index (χ3n) is 6.45. The highest BCUT2D eigenvalue weighted by molar-refractivity contribution is 6.17. The van der Waals surface area contributed by atoms with Gasteiger partial charge in [-0.05, 0) is 37.0 Å². The zero-order chi connectivity index (χ0) is 23.7. The van der Waals surface area contributed by atoms with Crippen molar-refractivity contribution in [3.63, 3.8) is 0 Å². The van der Waals surface area contributed by atoms with Crippen LogP contribution in [0.25, 0.3) is 22.2 Å². The minimum atomic E-state index is -1.05. The van der Waals surface area contributed by atoms with Crippen molar-refractivity contribution >= 4 is 28.6 Å². The molecule has 1 aliphatic heterocycles. The van der Waals surface area contributed by atoms with Gasteiger partial charge in [-0.25, -0.2) is 4.79 Å². The lowest BCUT2D eigenvalue weighted by Crippen LogP contribution is -2.44. The summed E-state index contributed by atoms with van der Waals surface area (Å²) in [6.45, 7) is 1.41. The summed E-state index contributed by atoms with van der Waals surface area (Å²) < 4.78 is 0. The van der Waals surface area contributed by atoms with Crippen LogP contribution in [0.15, 0.2) is 84.9 Å². The van der Waals surface area contributed by atoms with Gasteiger partial charge in [0.05, 0.1) is 17.8 Å². The number of rotatable bonds is 7. The molecule has 1 fully saturated rings. The molecule has 3 aromatic carbocycles. The number of carbonyl (C=O) groups is 3. The number of hydrogen-bond donors (Lipinski definition) is 2. The van der Waals surface area contributed by atoms with Gasteiger partial charge < -0.3 is 10.3 Å². The summed E-state index contributed by atoms with van der Waals surface area (Å²) in [6, 6.07) is 26.4. The van der Waals surface area contributed by atoms with Gasteiger partial charge in [0.2, 0.25) is 0 Å². The Labute approximate surface area is 197 Å². The molecule has 6 heteroatoms. The number of aromatic amines is 1. The lowest BCUT2D eigenvalue weighted by atomic mass is 9.93. The van der Waals surface area contributed by atoms with Crippen LogP contribution in [-0.2, 0) is 11.2 Å². The van der Waals surface area contributed by atoms with Crippen molar-refractivity contribution in [2.24, 2.45) is 0 Å². The first kappa shape index (κ1) is 21.6. The average molecular weight is 452 g/mol. The number of benzene rings is 3. The number of carbonyl (C=O) groups excluding carboxylic acids is 3. The van der Waals surface area contributed by atoms with Gasteiger partial charge in [-0.3, -0.25) is 14.5 Å². The SMILES string of the molecule is C[C@@]1(CCc2ccccc2)NC(=O)N(CC(=O)c2c(-c3ccccc3)[nH]c3ccccc23)C1=O. The minimum absolute atomic E-state index is 0.285. The van der Waals surface area contributed by atoms with E-state index in [0.29, 0.717) is 24.1 Å². The van der Waals surface area contributed by atoms with Gasteiger partial charge in [-0.15, -0.1) is 0 Å². The van der Waals surface area contributed by atoms with Gasteiger partial charge in [-0.1, -0.05) is 78.9 Å². The maximum absolute atomic E-state index is 13.6. The molecule has 0 spiro atoms. The summed E-state index contributed by atoms with van der Waals surface area (Å²) in [4.78, 5) is 44.0. The zero-order valence-electron chi connectivity index (χ0n) is 18.9. The fourth-order valence-electron chi connectivity index (χ4n) is 4.57. The predicted octanol–water partition coefficient (Wildman–Crippen LogP) is 4.96. The molecule has 3 amide bonds. The molecule has 0 bridgehead atoms. The Bertz CT molecular complexity index is 1380. The minimum Gasteiger partial charge on any atom is -0.354 e. The summed E-state index contributed by atoms with van der Waals surface area (Å²) in [5, 5.41) is 3.58. The molecule has 2 N–H and O–H groups in total. The molecule has 6 nitrogen and oxygen atoms in total. The number of aryl methyl sites for hydroxylation is 1. The second-order valence-corrected chi connectivity index (χ2v) is 8.85. The molecule has 0 aliphatic carbocycles. The Hall–Kier alpha value is -4.19. The van der Waals surface area contributed by atoms with E-state index in [9.17, 15) is 14.4 Å². The van der Waals surface area contributed by atoms with Crippen molar-refractivity contribution in [2.75, 3.05) is 6.54 Å². The van der Waals surface area contributed by atoms with Crippen molar-refractivity contribution < 1.29 is 14.4 Å². The molecule has 0 unspecified atom stereocenters. The molecular weight excluding hydrogens is 426 g/mol. The molecule has 4 aromatic rings. The monoisotopic (exact) mass is 451 g/mol. The largest absolute Gasteiger partial charge is 0.354 e. The smallest absolute Gasteiger partial charge is 0.325 e. The second kappa shape index (κ2) is 8.63. The van der Waals surface area contributed by atoms with Crippen LogP contribution in [0, 0.1) is 0 Å². The van der Waals surface area contributed by atoms with Gasteiger partial charge in [0, 0.05) is 10.9 Å². The number of para-hydroxylation sites is 1. The number of Topliss-reactive ketones (excluding diaryl/α,β-unsaturated/α-hetero) is 1. The third kappa shape index (κ3) is 3.88. The third-order valence-corrected chi connectivity index (χ3v) is 6.45. The summed E-state index contributed by atoms with van der Waals surface area (Å²) in [7, 11) is 0. The fraction of sp³-hybridized carbons (Fsp3) is 0.179. The maximum Gasteiger partial charge on any atom is 0.325 e. The van der Waals surface area contributed by atoms with E-state index in [1.165, 1.54) is 0 Å². The van der Waals surface area contributed by atoms with Crippen LogP contribution in [0.2, 0.25) is 0 Å². The maximum atomic E-state index is 13.6. The zero-order valence-corrected chi connectivity index (χ0v) is 18.9. The topological polar surface area (TPSA) is 82.3 Å². The molecule has 5 rings (SSSR count). The standard InChI is InChI=1S/C28H25N3O3/c1-28(17-16-19-10-4-2-5-11-19)26(33)31(27(34)30-28)18-23(32)24-21-14-8-9-15-22(21)29-25(24)20-12-6-3-7-13-20/h2-15,29H,16-18H2,1H3,(H,30,34)/t28-/m0/s1. The molecule has 1 atom stereocenters. The van der Waals surface area contributed by atoms with Crippen LogP contribution in [0.3, 0.4) is 0 Å². The number of fused-ring (bicyclic) bond motifs is 1. The average Bonchev–Trinajstić information content (AvgIpc) is 3.35. The molecule has 170 valence electrons. The number of amides is 3. The first-order valence-corrected chi connectivity index (χ1v) is 11.3. The van der Waals surface area contributed by atoms with E-state index in [1.807, 2.05) is 84.9 Å². The molecule has 34 heavy (non-hydrogen) atoms. The fourth-order valence-corrected chi connectivity index (χ4v) is 4.57. The molecule has 0 radical (unpaired) electrons. The Balaban J connectivity index is 1.41. The van der Waals surface area contributed by atoms with Crippen LogP contribution in [0.1, 0.15) is 29.3 Å². The van der Waals surface area contributed by atoms with E-state index in [1.54, 1.807) is 6.92 Å². The number of urea groups is 1. The van der Waals surface area contributed by atoms with E-state index in [0.717, 1.165) is 26.9 Å². The van der Waals surface area contributed by atoms with Crippen molar-refractivity contribution in [3.05, 3.63) is 96.1 Å². The predicted molar refractivity (Wildman–Crippen MR) is 131 cm³/mol. The molecular formula is C28H25N3O3. The van der Waals surface area contributed by atoms with Crippen molar-refractivity contribution in [1.29, 1.82) is 0 Å². The van der Waals surface area contributed by atoms with E-state index in [-0.39, 0.29) is 18.2 Å². The summed E-state index contributed by atoms with van der Waals surface area (Å²) in [6.07, 6.45) is 1.10. The van der Waals surface area contributed by atoms with Gasteiger partial charge in [0.25, 0.3) is 5.91 Å². The lowest BCUT2D eigenvalue weighted by Gasteiger charge is -2.21. The number of nitrogens with one attached hydrogen (secondary N) is 2.